The Balaban J connectivity index is 1.05. The minimum absolute atomic E-state index is 1.21. The molecule has 0 saturated heterocycles. The maximum atomic E-state index is 2.40. The van der Waals surface area contributed by atoms with E-state index in [1.54, 1.807) is 0 Å². The van der Waals surface area contributed by atoms with Gasteiger partial charge >= 0.3 is 0 Å². The fourth-order valence-corrected chi connectivity index (χ4v) is 9.49. The maximum absolute atomic E-state index is 2.40. The summed E-state index contributed by atoms with van der Waals surface area (Å²) in [6.45, 7) is 0. The van der Waals surface area contributed by atoms with Crippen molar-refractivity contribution >= 4 is 75.4 Å². The summed E-state index contributed by atoms with van der Waals surface area (Å²) in [6, 6.07) is 72.5. The first-order valence-electron chi connectivity index (χ1n) is 18.8. The van der Waals surface area contributed by atoms with Gasteiger partial charge in [0.05, 0.1) is 0 Å². The summed E-state index contributed by atoms with van der Waals surface area (Å²) in [7, 11) is 0. The number of hydrogen-bond acceptors (Lipinski definition) is 0. The zero-order valence-electron chi connectivity index (χ0n) is 29.5. The summed E-state index contributed by atoms with van der Waals surface area (Å²) in [5, 5.41) is 18.3. The molecule has 12 aromatic rings. The van der Waals surface area contributed by atoms with Gasteiger partial charge in [-0.2, -0.15) is 0 Å². The molecule has 0 nitrogen and oxygen atoms in total. The molecule has 0 atom stereocenters. The molecule has 0 heteroatoms. The molecule has 0 aromatic heterocycles. The minimum atomic E-state index is 1.21. The van der Waals surface area contributed by atoms with Gasteiger partial charge in [0.2, 0.25) is 0 Å². The van der Waals surface area contributed by atoms with Crippen molar-refractivity contribution in [3.8, 4) is 44.5 Å². The molecule has 12 rings (SSSR count). The molecule has 0 aliphatic rings. The molecule has 0 N–H and O–H groups in total. The Morgan fingerprint density at radius 1 is 0.204 bits per heavy atom. The van der Waals surface area contributed by atoms with E-state index in [2.05, 4.69) is 194 Å². The van der Waals surface area contributed by atoms with Gasteiger partial charge in [-0.3, -0.25) is 0 Å². The average molecular weight is 681 g/mol. The lowest BCUT2D eigenvalue weighted by molar-refractivity contribution is 1.59. The molecule has 0 unspecified atom stereocenters. The van der Waals surface area contributed by atoms with Crippen LogP contribution in [0.2, 0.25) is 0 Å². The molecule has 0 amide bonds. The second-order valence-electron chi connectivity index (χ2n) is 14.8. The standard InChI is InChI=1S/C54H32/c1-2-16-46-33(7-1)21-28-47(42-14-5-12-40(31-42)44-26-22-38-19-17-34-8-3-10-36-24-29-48(44)53(38)50(34)36)52(46)43-15-6-13-41(32-43)45-27-23-39-20-18-35-9-4-11-37-25-30-49(45)54(39)51(35)37/h1-32H. The molecule has 0 aliphatic heterocycles. The SMILES string of the molecule is c1cc(-c2ccc3ccccc3c2-c2cccc(-c3ccc4ccc5cccc6ccc3c4c56)c2)cc(-c2ccc3ccc4cccc5ccc2c3c45)c1. The highest BCUT2D eigenvalue weighted by Crippen LogP contribution is 2.44. The van der Waals surface area contributed by atoms with Gasteiger partial charge in [0.15, 0.2) is 0 Å². The third-order valence-electron chi connectivity index (χ3n) is 11.9. The molecule has 0 fully saturated rings. The molecule has 248 valence electrons. The zero-order chi connectivity index (χ0) is 35.3. The fraction of sp³-hybridized carbons (Fsp3) is 0. The van der Waals surface area contributed by atoms with E-state index in [0.29, 0.717) is 0 Å². The van der Waals surface area contributed by atoms with E-state index in [4.69, 9.17) is 0 Å². The van der Waals surface area contributed by atoms with Gasteiger partial charge in [0.25, 0.3) is 0 Å². The highest BCUT2D eigenvalue weighted by Gasteiger charge is 2.17. The first-order chi connectivity index (χ1) is 26.8. The fourth-order valence-electron chi connectivity index (χ4n) is 9.49. The van der Waals surface area contributed by atoms with Crippen LogP contribution in [0.3, 0.4) is 0 Å². The van der Waals surface area contributed by atoms with Crippen molar-refractivity contribution in [3.05, 3.63) is 194 Å². The van der Waals surface area contributed by atoms with Gasteiger partial charge in [0.1, 0.15) is 0 Å². The molecular formula is C54H32. The quantitative estimate of drug-likeness (QED) is 0.162. The van der Waals surface area contributed by atoms with Gasteiger partial charge in [-0.25, -0.2) is 0 Å². The van der Waals surface area contributed by atoms with Crippen LogP contribution in [-0.2, 0) is 0 Å². The van der Waals surface area contributed by atoms with Crippen LogP contribution in [0, 0.1) is 0 Å². The maximum Gasteiger partial charge on any atom is -0.00206 e. The van der Waals surface area contributed by atoms with Crippen LogP contribution in [0.5, 0.6) is 0 Å². The molecule has 0 spiro atoms. The summed E-state index contributed by atoms with van der Waals surface area (Å²) in [6.07, 6.45) is 0. The molecule has 0 aliphatic carbocycles. The monoisotopic (exact) mass is 680 g/mol. The highest BCUT2D eigenvalue weighted by molar-refractivity contribution is 6.27. The van der Waals surface area contributed by atoms with Crippen molar-refractivity contribution in [1.29, 1.82) is 0 Å². The van der Waals surface area contributed by atoms with Crippen LogP contribution in [-0.4, -0.2) is 0 Å². The number of fused-ring (bicyclic) bond motifs is 1. The van der Waals surface area contributed by atoms with Crippen LogP contribution >= 0.6 is 0 Å². The molecular weight excluding hydrogens is 649 g/mol. The molecule has 0 saturated carbocycles. The van der Waals surface area contributed by atoms with E-state index < -0.39 is 0 Å². The molecule has 0 heterocycles. The number of hydrogen-bond donors (Lipinski definition) is 0. The van der Waals surface area contributed by atoms with Gasteiger partial charge < -0.3 is 0 Å². The zero-order valence-corrected chi connectivity index (χ0v) is 29.5. The van der Waals surface area contributed by atoms with Gasteiger partial charge in [-0.05, 0) is 132 Å². The van der Waals surface area contributed by atoms with E-state index in [9.17, 15) is 0 Å². The van der Waals surface area contributed by atoms with E-state index >= 15 is 0 Å². The van der Waals surface area contributed by atoms with E-state index in [-0.39, 0.29) is 0 Å². The first-order valence-corrected chi connectivity index (χ1v) is 18.8. The van der Waals surface area contributed by atoms with E-state index in [1.807, 2.05) is 0 Å². The Kier molecular flexibility index (Phi) is 6.15. The smallest absolute Gasteiger partial charge is 0.00206 e. The van der Waals surface area contributed by atoms with Crippen molar-refractivity contribution < 1.29 is 0 Å². The predicted molar refractivity (Wildman–Crippen MR) is 233 cm³/mol. The summed E-state index contributed by atoms with van der Waals surface area (Å²) >= 11 is 0. The van der Waals surface area contributed by atoms with Crippen LogP contribution in [0.25, 0.3) is 120 Å². The predicted octanol–water partition coefficient (Wildman–Crippen LogP) is 15.3. The third kappa shape index (κ3) is 4.26. The Labute approximate surface area is 312 Å². The Hall–Kier alpha value is -7.02. The van der Waals surface area contributed by atoms with Crippen molar-refractivity contribution in [2.45, 2.75) is 0 Å². The van der Waals surface area contributed by atoms with Crippen molar-refractivity contribution in [1.82, 2.24) is 0 Å². The second-order valence-corrected chi connectivity index (χ2v) is 14.8. The van der Waals surface area contributed by atoms with Crippen LogP contribution in [0.4, 0.5) is 0 Å². The molecule has 12 aromatic carbocycles. The molecule has 0 bridgehead atoms. The summed E-state index contributed by atoms with van der Waals surface area (Å²) < 4.78 is 0. The molecule has 54 heavy (non-hydrogen) atoms. The lowest BCUT2D eigenvalue weighted by Crippen LogP contribution is -1.91. The normalized spacial score (nSPS) is 12.1. The third-order valence-corrected chi connectivity index (χ3v) is 11.9. The highest BCUT2D eigenvalue weighted by atomic mass is 14.2. The first kappa shape index (κ1) is 29.5. The Morgan fingerprint density at radius 3 is 1.15 bits per heavy atom. The van der Waals surface area contributed by atoms with Crippen LogP contribution in [0.15, 0.2) is 194 Å². The van der Waals surface area contributed by atoms with Crippen LogP contribution in [0.1, 0.15) is 0 Å². The summed E-state index contributed by atoms with van der Waals surface area (Å²) in [5.74, 6) is 0. The van der Waals surface area contributed by atoms with E-state index in [1.165, 1.54) is 120 Å². The van der Waals surface area contributed by atoms with Crippen LogP contribution < -0.4 is 0 Å². The largest absolute Gasteiger partial charge is 0.0616 e. The van der Waals surface area contributed by atoms with Crippen molar-refractivity contribution in [2.24, 2.45) is 0 Å². The van der Waals surface area contributed by atoms with Crippen molar-refractivity contribution in [3.63, 3.8) is 0 Å². The average Bonchev–Trinajstić information content (AvgIpc) is 3.24. The Bertz CT molecular complexity index is 3410. The lowest BCUT2D eigenvalue weighted by atomic mass is 9.86. The molecule has 0 radical (unpaired) electrons. The van der Waals surface area contributed by atoms with Crippen molar-refractivity contribution in [2.75, 3.05) is 0 Å². The minimum Gasteiger partial charge on any atom is -0.0616 e. The second kappa shape index (κ2) is 11.2. The topological polar surface area (TPSA) is 0 Å². The van der Waals surface area contributed by atoms with Gasteiger partial charge in [0, 0.05) is 0 Å². The number of rotatable bonds is 4. The van der Waals surface area contributed by atoms with Gasteiger partial charge in [-0.1, -0.05) is 182 Å². The lowest BCUT2D eigenvalue weighted by Gasteiger charge is -2.18. The van der Waals surface area contributed by atoms with Gasteiger partial charge in [-0.15, -0.1) is 0 Å². The summed E-state index contributed by atoms with van der Waals surface area (Å²) in [5.41, 5.74) is 9.92. The number of benzene rings is 12. The summed E-state index contributed by atoms with van der Waals surface area (Å²) in [4.78, 5) is 0. The Morgan fingerprint density at radius 2 is 0.574 bits per heavy atom. The van der Waals surface area contributed by atoms with E-state index in [0.717, 1.165) is 0 Å².